The third kappa shape index (κ3) is 3.44. The maximum absolute atomic E-state index is 11.8. The highest BCUT2D eigenvalue weighted by Crippen LogP contribution is 2.11. The molecule has 4 N–H and O–H groups in total. The Morgan fingerprint density at radius 3 is 2.75 bits per heavy atom. The number of nitrogen functional groups attached to an aromatic ring is 1. The summed E-state index contributed by atoms with van der Waals surface area (Å²) in [7, 11) is -3.47. The second-order valence-electron chi connectivity index (χ2n) is 3.77. The molecule has 1 heterocycles. The molecule has 7 heteroatoms. The monoisotopic (exact) mass is 244 g/mol. The number of pyridine rings is 1. The normalized spacial score (nSPS) is 11.8. The molecule has 16 heavy (non-hydrogen) atoms. The molecule has 0 aliphatic heterocycles. The fourth-order valence-corrected chi connectivity index (χ4v) is 2.24. The summed E-state index contributed by atoms with van der Waals surface area (Å²) in [6.07, 6.45) is 1.39. The zero-order chi connectivity index (χ0) is 12.2. The van der Waals surface area contributed by atoms with Crippen molar-refractivity contribution in [1.82, 2.24) is 9.71 Å². The van der Waals surface area contributed by atoms with E-state index in [0.29, 0.717) is 12.4 Å². The molecule has 0 aromatic carbocycles. The Balaban J connectivity index is 2.89. The molecule has 1 aromatic rings. The second kappa shape index (κ2) is 5.24. The predicted molar refractivity (Wildman–Crippen MR) is 62.1 cm³/mol. The first-order valence-electron chi connectivity index (χ1n) is 4.88. The summed E-state index contributed by atoms with van der Waals surface area (Å²) in [5.41, 5.74) is 2.30. The fraction of sp³-hybridized carbons (Fsp3) is 0.444. The Bertz CT molecular complexity index is 445. The molecule has 0 spiro atoms. The van der Waals surface area contributed by atoms with Crippen molar-refractivity contribution < 1.29 is 8.42 Å². The van der Waals surface area contributed by atoms with E-state index in [1.807, 2.05) is 13.8 Å². The van der Waals surface area contributed by atoms with Gasteiger partial charge in [-0.15, -0.1) is 0 Å². The van der Waals surface area contributed by atoms with Gasteiger partial charge in [0.1, 0.15) is 5.82 Å². The van der Waals surface area contributed by atoms with E-state index in [-0.39, 0.29) is 10.8 Å². The largest absolute Gasteiger partial charge is 0.308 e. The number of nitrogens with zero attached hydrogens (tertiary/aromatic N) is 1. The van der Waals surface area contributed by atoms with Gasteiger partial charge in [-0.3, -0.25) is 0 Å². The fourth-order valence-electron chi connectivity index (χ4n) is 1.02. The molecule has 0 unspecified atom stereocenters. The van der Waals surface area contributed by atoms with Crippen molar-refractivity contribution in [3.63, 3.8) is 0 Å². The lowest BCUT2D eigenvalue weighted by molar-refractivity contribution is 0.560. The minimum Gasteiger partial charge on any atom is -0.308 e. The van der Waals surface area contributed by atoms with Crippen LogP contribution in [0.1, 0.15) is 13.8 Å². The van der Waals surface area contributed by atoms with Crippen LogP contribution in [0, 0.1) is 5.92 Å². The molecule has 0 saturated heterocycles. The summed E-state index contributed by atoms with van der Waals surface area (Å²) >= 11 is 0. The first-order valence-corrected chi connectivity index (χ1v) is 6.36. The molecule has 90 valence electrons. The van der Waals surface area contributed by atoms with Crippen LogP contribution in [0.4, 0.5) is 5.82 Å². The average molecular weight is 244 g/mol. The molecule has 0 aliphatic rings. The zero-order valence-electron chi connectivity index (χ0n) is 9.27. The van der Waals surface area contributed by atoms with E-state index >= 15 is 0 Å². The lowest BCUT2D eigenvalue weighted by Crippen LogP contribution is -2.27. The molecular formula is C9H16N4O2S. The maximum atomic E-state index is 11.8. The highest BCUT2D eigenvalue weighted by molar-refractivity contribution is 7.89. The Kier molecular flexibility index (Phi) is 4.22. The average Bonchev–Trinajstić information content (AvgIpc) is 2.27. The molecule has 1 rings (SSSR count). The van der Waals surface area contributed by atoms with Gasteiger partial charge in [-0.1, -0.05) is 13.8 Å². The molecule has 0 bridgehead atoms. The number of aromatic nitrogens is 1. The number of nitrogens with one attached hydrogen (secondary N) is 2. The van der Waals surface area contributed by atoms with Gasteiger partial charge in [0.2, 0.25) is 10.0 Å². The SMILES string of the molecule is CC(C)CNS(=O)(=O)c1ccnc(NN)c1. The van der Waals surface area contributed by atoms with E-state index in [1.54, 1.807) is 0 Å². The van der Waals surface area contributed by atoms with Gasteiger partial charge in [-0.05, 0) is 12.0 Å². The van der Waals surface area contributed by atoms with Crippen LogP contribution in [-0.2, 0) is 10.0 Å². The zero-order valence-corrected chi connectivity index (χ0v) is 10.1. The summed E-state index contributed by atoms with van der Waals surface area (Å²) in [4.78, 5) is 3.99. The van der Waals surface area contributed by atoms with Gasteiger partial charge in [0.25, 0.3) is 0 Å². The molecule has 0 aliphatic carbocycles. The van der Waals surface area contributed by atoms with Crippen molar-refractivity contribution >= 4 is 15.8 Å². The number of hydrogen-bond donors (Lipinski definition) is 3. The summed E-state index contributed by atoms with van der Waals surface area (Å²) < 4.78 is 26.1. The second-order valence-corrected chi connectivity index (χ2v) is 5.53. The standard InChI is InChI=1S/C9H16N4O2S/c1-7(2)6-12-16(14,15)8-3-4-11-9(5-8)13-10/h3-5,7,12H,6,10H2,1-2H3,(H,11,13). The molecule has 0 atom stereocenters. The predicted octanol–water partition coefficient (Wildman–Crippen LogP) is 0.302. The number of nitrogens with two attached hydrogens (primary N) is 1. The first kappa shape index (κ1) is 12.9. The van der Waals surface area contributed by atoms with Crippen LogP contribution >= 0.6 is 0 Å². The van der Waals surface area contributed by atoms with Gasteiger partial charge in [0.15, 0.2) is 0 Å². The highest BCUT2D eigenvalue weighted by atomic mass is 32.2. The summed E-state index contributed by atoms with van der Waals surface area (Å²) in [5, 5.41) is 0. The number of sulfonamides is 1. The molecule has 0 saturated carbocycles. The van der Waals surface area contributed by atoms with E-state index in [2.05, 4.69) is 15.1 Å². The van der Waals surface area contributed by atoms with Crippen molar-refractivity contribution in [3.05, 3.63) is 18.3 Å². The van der Waals surface area contributed by atoms with Crippen molar-refractivity contribution in [1.29, 1.82) is 0 Å². The Morgan fingerprint density at radius 1 is 1.50 bits per heavy atom. The van der Waals surface area contributed by atoms with Crippen LogP contribution in [0.15, 0.2) is 23.2 Å². The van der Waals surface area contributed by atoms with Gasteiger partial charge in [-0.25, -0.2) is 24.0 Å². The van der Waals surface area contributed by atoms with Crippen LogP contribution in [0.3, 0.4) is 0 Å². The van der Waals surface area contributed by atoms with Gasteiger partial charge < -0.3 is 5.43 Å². The molecule has 0 fully saturated rings. The Hall–Kier alpha value is -1.18. The van der Waals surface area contributed by atoms with E-state index in [1.165, 1.54) is 18.3 Å². The lowest BCUT2D eigenvalue weighted by atomic mass is 10.2. The van der Waals surface area contributed by atoms with Gasteiger partial charge >= 0.3 is 0 Å². The number of anilines is 1. The van der Waals surface area contributed by atoms with E-state index in [4.69, 9.17) is 5.84 Å². The quantitative estimate of drug-likeness (QED) is 0.511. The summed E-state index contributed by atoms with van der Waals surface area (Å²) in [6.45, 7) is 4.26. The first-order chi connectivity index (χ1) is 7.45. The van der Waals surface area contributed by atoms with Crippen LogP contribution in [0.25, 0.3) is 0 Å². The van der Waals surface area contributed by atoms with Gasteiger partial charge in [0, 0.05) is 18.8 Å². The van der Waals surface area contributed by atoms with E-state index in [0.717, 1.165) is 0 Å². The van der Waals surface area contributed by atoms with Crippen molar-refractivity contribution in [2.45, 2.75) is 18.7 Å². The minimum absolute atomic E-state index is 0.149. The molecule has 6 nitrogen and oxygen atoms in total. The molecule has 1 aromatic heterocycles. The van der Waals surface area contributed by atoms with Crippen LogP contribution in [0.2, 0.25) is 0 Å². The third-order valence-corrected chi connectivity index (χ3v) is 3.29. The topological polar surface area (TPSA) is 97.1 Å². The lowest BCUT2D eigenvalue weighted by Gasteiger charge is -2.09. The van der Waals surface area contributed by atoms with E-state index < -0.39 is 10.0 Å². The van der Waals surface area contributed by atoms with Crippen molar-refractivity contribution in [2.24, 2.45) is 11.8 Å². The Labute approximate surface area is 95.3 Å². The number of hydrazine groups is 1. The van der Waals surface area contributed by atoms with Crippen molar-refractivity contribution in [3.8, 4) is 0 Å². The Morgan fingerprint density at radius 2 is 2.19 bits per heavy atom. The summed E-state index contributed by atoms with van der Waals surface area (Å²) in [6, 6.07) is 2.80. The number of hydrogen-bond acceptors (Lipinski definition) is 5. The van der Waals surface area contributed by atoms with Crippen molar-refractivity contribution in [2.75, 3.05) is 12.0 Å². The molecular weight excluding hydrogens is 228 g/mol. The third-order valence-electron chi connectivity index (χ3n) is 1.87. The van der Waals surface area contributed by atoms with Gasteiger partial charge in [0.05, 0.1) is 4.90 Å². The molecule has 0 amide bonds. The van der Waals surface area contributed by atoms with Gasteiger partial charge in [-0.2, -0.15) is 0 Å². The summed E-state index contributed by atoms with van der Waals surface area (Å²) in [5.74, 6) is 5.72. The maximum Gasteiger partial charge on any atom is 0.240 e. The van der Waals surface area contributed by atoms with Crippen LogP contribution < -0.4 is 16.0 Å². The molecule has 0 radical (unpaired) electrons. The smallest absolute Gasteiger partial charge is 0.240 e. The van der Waals surface area contributed by atoms with Crippen LogP contribution in [0.5, 0.6) is 0 Å². The number of rotatable bonds is 5. The highest BCUT2D eigenvalue weighted by Gasteiger charge is 2.14. The minimum atomic E-state index is -3.47. The van der Waals surface area contributed by atoms with E-state index in [9.17, 15) is 8.42 Å². The van der Waals surface area contributed by atoms with Crippen LogP contribution in [-0.4, -0.2) is 19.9 Å².